The van der Waals surface area contributed by atoms with Crippen LogP contribution in [0.1, 0.15) is 28.9 Å². The number of carbonyl (C=O) groups excluding carboxylic acids is 1. The number of hydrogen-bond donors (Lipinski definition) is 1. The number of nitrogens with zero attached hydrogens (tertiary/aromatic N) is 1. The number of pyridine rings is 1. The molecule has 0 aliphatic heterocycles. The number of halogens is 1. The second-order valence-electron chi connectivity index (χ2n) is 4.34. The summed E-state index contributed by atoms with van der Waals surface area (Å²) in [6.45, 7) is 1.91. The molecule has 0 radical (unpaired) electrons. The minimum Gasteiger partial charge on any atom is -0.481 e. The summed E-state index contributed by atoms with van der Waals surface area (Å²) in [5, 5.41) is 3.58. The van der Waals surface area contributed by atoms with Crippen molar-refractivity contribution in [2.75, 3.05) is 7.11 Å². The third-order valence-corrected chi connectivity index (χ3v) is 3.18. The molecule has 1 unspecified atom stereocenters. The zero-order valence-corrected chi connectivity index (χ0v) is 12.0. The van der Waals surface area contributed by atoms with Crippen molar-refractivity contribution in [3.05, 3.63) is 58.7 Å². The zero-order valence-electron chi connectivity index (χ0n) is 11.3. The van der Waals surface area contributed by atoms with Crippen LogP contribution < -0.4 is 10.1 Å². The highest BCUT2D eigenvalue weighted by Gasteiger charge is 2.11. The Morgan fingerprint density at radius 2 is 1.95 bits per heavy atom. The molecule has 4 nitrogen and oxygen atoms in total. The minimum atomic E-state index is -0.178. The Kier molecular flexibility index (Phi) is 4.58. The molecule has 2 rings (SSSR count). The molecule has 104 valence electrons. The topological polar surface area (TPSA) is 51.2 Å². The molecule has 1 aromatic carbocycles. The summed E-state index contributed by atoms with van der Waals surface area (Å²) in [5.74, 6) is 0.301. The first-order valence-corrected chi connectivity index (χ1v) is 6.54. The largest absolute Gasteiger partial charge is 0.481 e. The van der Waals surface area contributed by atoms with Crippen LogP contribution >= 0.6 is 11.6 Å². The smallest absolute Gasteiger partial charge is 0.253 e. The third kappa shape index (κ3) is 3.48. The monoisotopic (exact) mass is 290 g/mol. The fourth-order valence-electron chi connectivity index (χ4n) is 1.75. The Hall–Kier alpha value is -2.07. The molecule has 1 aromatic heterocycles. The van der Waals surface area contributed by atoms with Gasteiger partial charge in [0.05, 0.1) is 18.7 Å². The number of benzene rings is 1. The van der Waals surface area contributed by atoms with E-state index in [1.807, 2.05) is 19.1 Å². The molecule has 1 amide bonds. The molecule has 1 atom stereocenters. The van der Waals surface area contributed by atoms with Crippen molar-refractivity contribution in [1.82, 2.24) is 10.3 Å². The van der Waals surface area contributed by atoms with Gasteiger partial charge in [0.15, 0.2) is 0 Å². The molecule has 0 aliphatic rings. The van der Waals surface area contributed by atoms with Crippen LogP contribution in [-0.2, 0) is 0 Å². The van der Waals surface area contributed by atoms with Crippen molar-refractivity contribution in [2.24, 2.45) is 0 Å². The maximum atomic E-state index is 12.1. The van der Waals surface area contributed by atoms with E-state index < -0.39 is 0 Å². The predicted octanol–water partition coefficient (Wildman–Crippen LogP) is 3.23. The van der Waals surface area contributed by atoms with Crippen molar-refractivity contribution in [1.29, 1.82) is 0 Å². The normalized spacial score (nSPS) is 11.8. The summed E-state index contributed by atoms with van der Waals surface area (Å²) in [7, 11) is 1.53. The molecule has 2 aromatic rings. The van der Waals surface area contributed by atoms with E-state index in [0.29, 0.717) is 16.5 Å². The van der Waals surface area contributed by atoms with Crippen LogP contribution in [0.2, 0.25) is 5.02 Å². The number of nitrogens with one attached hydrogen (secondary N) is 1. The summed E-state index contributed by atoms with van der Waals surface area (Å²) < 4.78 is 4.96. The van der Waals surface area contributed by atoms with E-state index in [4.69, 9.17) is 16.3 Å². The average Bonchev–Trinajstić information content (AvgIpc) is 2.48. The number of methoxy groups -OCH3 is 1. The van der Waals surface area contributed by atoms with Gasteiger partial charge in [0.1, 0.15) is 0 Å². The number of ether oxygens (including phenoxy) is 1. The van der Waals surface area contributed by atoms with Gasteiger partial charge in [-0.2, -0.15) is 0 Å². The van der Waals surface area contributed by atoms with Crippen LogP contribution in [-0.4, -0.2) is 18.0 Å². The standard InChI is InChI=1S/C15H15ClN2O2/c1-10(11-3-6-13(16)7-4-11)18-15(19)12-5-8-14(20-2)17-9-12/h3-10H,1-2H3,(H,18,19). The van der Waals surface area contributed by atoms with E-state index >= 15 is 0 Å². The lowest BCUT2D eigenvalue weighted by atomic mass is 10.1. The fraction of sp³-hybridized carbons (Fsp3) is 0.200. The van der Waals surface area contributed by atoms with Crippen LogP contribution in [0.5, 0.6) is 5.88 Å². The molecule has 20 heavy (non-hydrogen) atoms. The number of amides is 1. The molecule has 0 fully saturated rings. The Morgan fingerprint density at radius 1 is 1.25 bits per heavy atom. The van der Waals surface area contributed by atoms with Gasteiger partial charge in [-0.1, -0.05) is 23.7 Å². The Labute approximate surface area is 122 Å². The number of aromatic nitrogens is 1. The van der Waals surface area contributed by atoms with Crippen LogP contribution in [0.4, 0.5) is 0 Å². The number of carbonyl (C=O) groups is 1. The van der Waals surface area contributed by atoms with Gasteiger partial charge in [-0.05, 0) is 30.7 Å². The summed E-state index contributed by atoms with van der Waals surface area (Å²) in [5.41, 5.74) is 1.48. The lowest BCUT2D eigenvalue weighted by Crippen LogP contribution is -2.26. The maximum Gasteiger partial charge on any atom is 0.253 e. The molecule has 5 heteroatoms. The second-order valence-corrected chi connectivity index (χ2v) is 4.77. The number of hydrogen-bond acceptors (Lipinski definition) is 3. The van der Waals surface area contributed by atoms with Crippen molar-refractivity contribution < 1.29 is 9.53 Å². The summed E-state index contributed by atoms with van der Waals surface area (Å²) in [6, 6.07) is 10.6. The van der Waals surface area contributed by atoms with Crippen molar-refractivity contribution >= 4 is 17.5 Å². The first kappa shape index (κ1) is 14.3. The Bertz CT molecular complexity index is 582. The zero-order chi connectivity index (χ0) is 14.5. The predicted molar refractivity (Wildman–Crippen MR) is 78.1 cm³/mol. The average molecular weight is 291 g/mol. The highest BCUT2D eigenvalue weighted by molar-refractivity contribution is 6.30. The highest BCUT2D eigenvalue weighted by Crippen LogP contribution is 2.16. The minimum absolute atomic E-state index is 0.109. The van der Waals surface area contributed by atoms with E-state index in [-0.39, 0.29) is 11.9 Å². The second kappa shape index (κ2) is 6.39. The number of rotatable bonds is 4. The summed E-state index contributed by atoms with van der Waals surface area (Å²) >= 11 is 5.84. The Morgan fingerprint density at radius 3 is 2.50 bits per heavy atom. The van der Waals surface area contributed by atoms with Gasteiger partial charge < -0.3 is 10.1 Å². The molecular weight excluding hydrogens is 276 g/mol. The van der Waals surface area contributed by atoms with Crippen molar-refractivity contribution in [3.63, 3.8) is 0 Å². The van der Waals surface area contributed by atoms with E-state index in [2.05, 4.69) is 10.3 Å². The van der Waals surface area contributed by atoms with Crippen LogP contribution in [0.25, 0.3) is 0 Å². The van der Waals surface area contributed by atoms with E-state index in [0.717, 1.165) is 5.56 Å². The van der Waals surface area contributed by atoms with Gasteiger partial charge >= 0.3 is 0 Å². The molecule has 0 saturated heterocycles. The van der Waals surface area contributed by atoms with Crippen LogP contribution in [0.15, 0.2) is 42.6 Å². The maximum absolute atomic E-state index is 12.1. The van der Waals surface area contributed by atoms with Crippen LogP contribution in [0.3, 0.4) is 0 Å². The summed E-state index contributed by atoms with van der Waals surface area (Å²) in [6.07, 6.45) is 1.49. The SMILES string of the molecule is COc1ccc(C(=O)NC(C)c2ccc(Cl)cc2)cn1. The van der Waals surface area contributed by atoms with Gasteiger partial charge in [-0.25, -0.2) is 4.98 Å². The van der Waals surface area contributed by atoms with Crippen molar-refractivity contribution in [2.45, 2.75) is 13.0 Å². The fourth-order valence-corrected chi connectivity index (χ4v) is 1.88. The molecular formula is C15H15ClN2O2. The molecule has 0 spiro atoms. The van der Waals surface area contributed by atoms with E-state index in [9.17, 15) is 4.79 Å². The quantitative estimate of drug-likeness (QED) is 0.940. The molecule has 1 heterocycles. The first-order valence-electron chi connectivity index (χ1n) is 6.16. The third-order valence-electron chi connectivity index (χ3n) is 2.93. The summed E-state index contributed by atoms with van der Waals surface area (Å²) in [4.78, 5) is 16.1. The van der Waals surface area contributed by atoms with Gasteiger partial charge in [0.2, 0.25) is 5.88 Å². The van der Waals surface area contributed by atoms with Gasteiger partial charge in [0, 0.05) is 17.3 Å². The highest BCUT2D eigenvalue weighted by atomic mass is 35.5. The Balaban J connectivity index is 2.04. The van der Waals surface area contributed by atoms with Gasteiger partial charge in [-0.3, -0.25) is 4.79 Å². The van der Waals surface area contributed by atoms with Crippen molar-refractivity contribution in [3.8, 4) is 5.88 Å². The first-order chi connectivity index (χ1) is 9.60. The van der Waals surface area contributed by atoms with Crippen LogP contribution in [0, 0.1) is 0 Å². The van der Waals surface area contributed by atoms with E-state index in [1.165, 1.54) is 13.3 Å². The van der Waals surface area contributed by atoms with E-state index in [1.54, 1.807) is 24.3 Å². The molecule has 1 N–H and O–H groups in total. The van der Waals surface area contributed by atoms with Gasteiger partial charge in [-0.15, -0.1) is 0 Å². The molecule has 0 aliphatic carbocycles. The lowest BCUT2D eigenvalue weighted by Gasteiger charge is -2.14. The molecule has 0 bridgehead atoms. The van der Waals surface area contributed by atoms with Gasteiger partial charge in [0.25, 0.3) is 5.91 Å². The molecule has 0 saturated carbocycles. The lowest BCUT2D eigenvalue weighted by molar-refractivity contribution is 0.0939.